The topological polar surface area (TPSA) is 30.2 Å². The smallest absolute Gasteiger partial charge is 0.159 e. The lowest BCUT2D eigenvalue weighted by Crippen LogP contribution is -1.94. The average Bonchev–Trinajstić information content (AvgIpc) is 2.89. The molecule has 0 aliphatic carbocycles. The third kappa shape index (κ3) is 4.10. The number of aliphatic imine (C=N–C) groups is 1. The Hall–Kier alpha value is -2.30. The van der Waals surface area contributed by atoms with Crippen LogP contribution in [-0.4, -0.2) is 16.3 Å². The van der Waals surface area contributed by atoms with Crippen LogP contribution in [0.3, 0.4) is 0 Å². The van der Waals surface area contributed by atoms with Gasteiger partial charge in [0, 0.05) is 12.6 Å². The van der Waals surface area contributed by atoms with Gasteiger partial charge in [0.1, 0.15) is 5.82 Å². The summed E-state index contributed by atoms with van der Waals surface area (Å²) in [5.74, 6) is -0.558. The summed E-state index contributed by atoms with van der Waals surface area (Å²) in [5.41, 5.74) is 1.30. The van der Waals surface area contributed by atoms with Gasteiger partial charge in [-0.25, -0.2) is 18.8 Å². The average molecular weight is 307 g/mol. The minimum atomic E-state index is -0.887. The van der Waals surface area contributed by atoms with E-state index in [1.807, 2.05) is 20.8 Å². The van der Waals surface area contributed by atoms with Gasteiger partial charge in [0.15, 0.2) is 17.5 Å². The maximum absolute atomic E-state index is 13.2. The molecule has 2 aromatic rings. The van der Waals surface area contributed by atoms with Crippen LogP contribution < -0.4 is 0 Å². The van der Waals surface area contributed by atoms with Gasteiger partial charge in [-0.15, -0.1) is 13.2 Å². The van der Waals surface area contributed by atoms with Gasteiger partial charge in [-0.2, -0.15) is 0 Å². The number of hydrogen-bond donors (Lipinski definition) is 0. The van der Waals surface area contributed by atoms with Crippen molar-refractivity contribution in [3.63, 3.8) is 0 Å². The number of rotatable bonds is 3. The molecular formula is C17H23F2N3. The molecule has 0 amide bonds. The van der Waals surface area contributed by atoms with Crippen LogP contribution in [0.5, 0.6) is 0 Å². The molecule has 0 aliphatic heterocycles. The lowest BCUT2D eigenvalue weighted by Gasteiger charge is -2.03. The van der Waals surface area contributed by atoms with Gasteiger partial charge in [0.25, 0.3) is 0 Å². The molecule has 5 heteroatoms. The number of imidazole rings is 1. The molecule has 0 radical (unpaired) electrons. The highest BCUT2D eigenvalue weighted by Crippen LogP contribution is 2.27. The Kier molecular flexibility index (Phi) is 8.60. The molecule has 1 aromatic carbocycles. The minimum Gasteiger partial charge on any atom is -0.312 e. The monoisotopic (exact) mass is 307 g/mol. The molecule has 22 heavy (non-hydrogen) atoms. The van der Waals surface area contributed by atoms with Gasteiger partial charge in [0.2, 0.25) is 0 Å². The predicted molar refractivity (Wildman–Crippen MR) is 89.7 cm³/mol. The van der Waals surface area contributed by atoms with Crippen LogP contribution in [0.4, 0.5) is 14.6 Å². The third-order valence-corrected chi connectivity index (χ3v) is 2.80. The molecule has 1 heterocycles. The van der Waals surface area contributed by atoms with E-state index in [1.165, 1.54) is 6.07 Å². The van der Waals surface area contributed by atoms with Crippen molar-refractivity contribution in [3.05, 3.63) is 48.7 Å². The van der Waals surface area contributed by atoms with Gasteiger partial charge in [-0.05, 0) is 31.3 Å². The fourth-order valence-corrected chi connectivity index (χ4v) is 1.87. The normalized spacial score (nSPS) is 9.18. The van der Waals surface area contributed by atoms with Gasteiger partial charge in [-0.1, -0.05) is 20.8 Å². The van der Waals surface area contributed by atoms with Crippen molar-refractivity contribution in [2.24, 2.45) is 12.0 Å². The van der Waals surface area contributed by atoms with E-state index in [0.717, 1.165) is 17.8 Å². The zero-order chi connectivity index (χ0) is 17.3. The van der Waals surface area contributed by atoms with Crippen molar-refractivity contribution in [2.75, 3.05) is 0 Å². The highest BCUT2D eigenvalue weighted by Gasteiger charge is 2.15. The zero-order valence-electron chi connectivity index (χ0n) is 13.7. The maximum atomic E-state index is 13.2. The number of aryl methyl sites for hydroxylation is 1. The largest absolute Gasteiger partial charge is 0.312 e. The van der Waals surface area contributed by atoms with Crippen molar-refractivity contribution in [2.45, 2.75) is 27.2 Å². The molecule has 0 atom stereocenters. The molecule has 0 saturated heterocycles. The second-order valence-electron chi connectivity index (χ2n) is 3.91. The SMILES string of the molecule is C=C.C=Nc1c(CC)nc(-c2ccc(F)c(F)c2)n1C.CC. The summed E-state index contributed by atoms with van der Waals surface area (Å²) >= 11 is 0. The van der Waals surface area contributed by atoms with Crippen LogP contribution >= 0.6 is 0 Å². The van der Waals surface area contributed by atoms with Crippen LogP contribution in [0.2, 0.25) is 0 Å². The van der Waals surface area contributed by atoms with E-state index in [-0.39, 0.29) is 0 Å². The van der Waals surface area contributed by atoms with E-state index in [9.17, 15) is 8.78 Å². The van der Waals surface area contributed by atoms with Crippen LogP contribution in [0, 0.1) is 11.6 Å². The maximum Gasteiger partial charge on any atom is 0.159 e. The van der Waals surface area contributed by atoms with E-state index in [0.29, 0.717) is 23.6 Å². The van der Waals surface area contributed by atoms with E-state index < -0.39 is 11.6 Å². The summed E-state index contributed by atoms with van der Waals surface area (Å²) in [6.07, 6.45) is 0.700. The van der Waals surface area contributed by atoms with Crippen LogP contribution in [0.15, 0.2) is 36.3 Å². The minimum absolute atomic E-state index is 0.515. The first kappa shape index (κ1) is 19.7. The molecule has 0 unspecified atom stereocenters. The summed E-state index contributed by atoms with van der Waals surface area (Å²) in [5, 5.41) is 0. The second-order valence-corrected chi connectivity index (χ2v) is 3.91. The van der Waals surface area contributed by atoms with Gasteiger partial charge >= 0.3 is 0 Å². The molecular weight excluding hydrogens is 284 g/mol. The molecule has 0 bridgehead atoms. The summed E-state index contributed by atoms with van der Waals surface area (Å²) in [7, 11) is 1.77. The fraction of sp³-hybridized carbons (Fsp3) is 0.294. The molecule has 0 aliphatic rings. The first-order chi connectivity index (χ1) is 10.6. The zero-order valence-corrected chi connectivity index (χ0v) is 13.7. The van der Waals surface area contributed by atoms with Gasteiger partial charge in [0.05, 0.1) is 5.69 Å². The van der Waals surface area contributed by atoms with Gasteiger partial charge in [-0.3, -0.25) is 0 Å². The van der Waals surface area contributed by atoms with Crippen molar-refractivity contribution in [1.82, 2.24) is 9.55 Å². The summed E-state index contributed by atoms with van der Waals surface area (Å²) in [4.78, 5) is 8.29. The number of halogens is 2. The Morgan fingerprint density at radius 3 is 2.18 bits per heavy atom. The highest BCUT2D eigenvalue weighted by atomic mass is 19.2. The number of nitrogens with zero attached hydrogens (tertiary/aromatic N) is 3. The Morgan fingerprint density at radius 2 is 1.77 bits per heavy atom. The molecule has 0 fully saturated rings. The lowest BCUT2D eigenvalue weighted by molar-refractivity contribution is 0.509. The Bertz CT molecular complexity index is 619. The lowest BCUT2D eigenvalue weighted by atomic mass is 10.2. The Labute approximate surface area is 131 Å². The highest BCUT2D eigenvalue weighted by molar-refractivity contribution is 5.61. The Morgan fingerprint density at radius 1 is 1.18 bits per heavy atom. The third-order valence-electron chi connectivity index (χ3n) is 2.80. The van der Waals surface area contributed by atoms with Crippen molar-refractivity contribution < 1.29 is 8.78 Å². The Balaban J connectivity index is 0.00000102. The van der Waals surface area contributed by atoms with Crippen molar-refractivity contribution in [1.29, 1.82) is 0 Å². The van der Waals surface area contributed by atoms with E-state index >= 15 is 0 Å². The van der Waals surface area contributed by atoms with Crippen LogP contribution in [0.1, 0.15) is 26.5 Å². The van der Waals surface area contributed by atoms with Crippen LogP contribution in [-0.2, 0) is 13.5 Å². The molecule has 0 spiro atoms. The first-order valence-corrected chi connectivity index (χ1v) is 7.06. The van der Waals surface area contributed by atoms with E-state index in [2.05, 4.69) is 29.9 Å². The van der Waals surface area contributed by atoms with Crippen LogP contribution in [0.25, 0.3) is 11.4 Å². The number of benzene rings is 1. The molecule has 1 aromatic heterocycles. The molecule has 3 nitrogen and oxygen atoms in total. The summed E-state index contributed by atoms with van der Waals surface area (Å²) in [6, 6.07) is 3.71. The molecule has 2 rings (SSSR count). The van der Waals surface area contributed by atoms with E-state index in [1.54, 1.807) is 11.6 Å². The summed E-state index contributed by atoms with van der Waals surface area (Å²) in [6.45, 7) is 15.4. The number of hydrogen-bond acceptors (Lipinski definition) is 2. The predicted octanol–water partition coefficient (Wildman–Crippen LogP) is 5.09. The molecule has 0 N–H and O–H groups in total. The van der Waals surface area contributed by atoms with E-state index in [4.69, 9.17) is 0 Å². The molecule has 0 saturated carbocycles. The molecule has 120 valence electrons. The first-order valence-electron chi connectivity index (χ1n) is 7.06. The van der Waals surface area contributed by atoms with Gasteiger partial charge < -0.3 is 4.57 Å². The van der Waals surface area contributed by atoms with Crippen molar-refractivity contribution >= 4 is 12.5 Å². The fourth-order valence-electron chi connectivity index (χ4n) is 1.87. The summed E-state index contributed by atoms with van der Waals surface area (Å²) < 4.78 is 27.8. The van der Waals surface area contributed by atoms with Crippen molar-refractivity contribution in [3.8, 4) is 11.4 Å². The number of aromatic nitrogens is 2. The quantitative estimate of drug-likeness (QED) is 0.574. The standard InChI is InChI=1S/C13H13F2N3.C2H6.C2H4/c1-4-11-13(16-2)18(3)12(17-11)8-5-6-9(14)10(15)7-8;2*1-2/h5-7H,2,4H2,1,3H3;1-2H3;1-2H2. The second kappa shape index (κ2) is 9.60.